The number of amides is 1. The summed E-state index contributed by atoms with van der Waals surface area (Å²) in [7, 11) is 1.54. The molecule has 2 atom stereocenters. The zero-order valence-electron chi connectivity index (χ0n) is 16.1. The molecule has 2 rings (SSSR count). The fraction of sp³-hybridized carbons (Fsp3) is 0.389. The molecule has 0 aliphatic rings. The van der Waals surface area contributed by atoms with Gasteiger partial charge in [-0.25, -0.2) is 9.48 Å². The third kappa shape index (κ3) is 4.64. The van der Waals surface area contributed by atoms with Gasteiger partial charge in [0.25, 0.3) is 11.6 Å². The van der Waals surface area contributed by atoms with Gasteiger partial charge in [-0.15, -0.1) is 0 Å². The lowest BCUT2D eigenvalue weighted by Gasteiger charge is -2.17. The van der Waals surface area contributed by atoms with Crippen LogP contribution in [0.2, 0.25) is 0 Å². The number of anilines is 2. The van der Waals surface area contributed by atoms with Crippen molar-refractivity contribution in [2.24, 2.45) is 0 Å². The van der Waals surface area contributed by atoms with Crippen molar-refractivity contribution in [2.75, 3.05) is 17.7 Å². The van der Waals surface area contributed by atoms with Crippen LogP contribution in [-0.2, 0) is 9.53 Å². The molecule has 2 N–H and O–H groups in total. The predicted octanol–water partition coefficient (Wildman–Crippen LogP) is 2.99. The molecule has 1 amide bonds. The number of ether oxygens (including phenoxy) is 1. The maximum atomic E-state index is 12.4. The zero-order valence-corrected chi connectivity index (χ0v) is 16.1. The van der Waals surface area contributed by atoms with Crippen LogP contribution in [0.3, 0.4) is 0 Å². The average molecular weight is 389 g/mol. The fourth-order valence-electron chi connectivity index (χ4n) is 2.47. The van der Waals surface area contributed by atoms with Crippen LogP contribution in [0.15, 0.2) is 30.5 Å². The van der Waals surface area contributed by atoms with Crippen molar-refractivity contribution >= 4 is 29.1 Å². The number of rotatable bonds is 8. The van der Waals surface area contributed by atoms with Crippen molar-refractivity contribution in [3.05, 3.63) is 46.1 Å². The van der Waals surface area contributed by atoms with E-state index in [2.05, 4.69) is 15.7 Å². The number of hydrogen-bond donors (Lipinski definition) is 2. The smallest absolute Gasteiger partial charge is 0.339 e. The lowest BCUT2D eigenvalue weighted by Crippen LogP contribution is -2.31. The minimum Gasteiger partial charge on any atom is -0.449 e. The summed E-state index contributed by atoms with van der Waals surface area (Å²) in [5, 5.41) is 20.6. The molecule has 0 aliphatic heterocycles. The Balaban J connectivity index is 2.08. The summed E-state index contributed by atoms with van der Waals surface area (Å²) in [4.78, 5) is 35.2. The van der Waals surface area contributed by atoms with Crippen molar-refractivity contribution in [1.29, 1.82) is 0 Å². The number of nitrogens with one attached hydrogen (secondary N) is 2. The molecule has 1 aromatic carbocycles. The molecule has 0 saturated heterocycles. The third-order valence-electron chi connectivity index (χ3n) is 4.28. The molecule has 150 valence electrons. The van der Waals surface area contributed by atoms with Crippen LogP contribution in [0.25, 0.3) is 0 Å². The summed E-state index contributed by atoms with van der Waals surface area (Å²) in [5.74, 6) is -0.861. The Kier molecular flexibility index (Phi) is 6.69. The molecule has 10 nitrogen and oxygen atoms in total. The Morgan fingerprint density at radius 3 is 2.64 bits per heavy atom. The van der Waals surface area contributed by atoms with Crippen LogP contribution in [0.4, 0.5) is 17.2 Å². The number of benzene rings is 1. The van der Waals surface area contributed by atoms with Gasteiger partial charge in [0, 0.05) is 19.2 Å². The topological polar surface area (TPSA) is 128 Å². The number of carbonyl (C=O) groups is 2. The SMILES string of the molecule is CC[C@H](C)n1nccc1NC(=O)[C@H](C)OC(=O)c1ccc(NC)c([N+](=O)[O-])c1. The van der Waals surface area contributed by atoms with E-state index in [0.29, 0.717) is 5.82 Å². The highest BCUT2D eigenvalue weighted by Gasteiger charge is 2.23. The minimum atomic E-state index is -1.10. The normalized spacial score (nSPS) is 12.7. The van der Waals surface area contributed by atoms with Gasteiger partial charge in [0.2, 0.25) is 0 Å². The molecule has 10 heteroatoms. The summed E-state index contributed by atoms with van der Waals surface area (Å²) < 4.78 is 6.83. The first-order chi connectivity index (χ1) is 13.3. The predicted molar refractivity (Wildman–Crippen MR) is 103 cm³/mol. The highest BCUT2D eigenvalue weighted by atomic mass is 16.6. The van der Waals surface area contributed by atoms with Crippen molar-refractivity contribution in [2.45, 2.75) is 39.3 Å². The molecular weight excluding hydrogens is 366 g/mol. The average Bonchev–Trinajstić information content (AvgIpc) is 3.14. The van der Waals surface area contributed by atoms with Crippen LogP contribution in [-0.4, -0.2) is 39.7 Å². The van der Waals surface area contributed by atoms with Gasteiger partial charge in [-0.05, 0) is 32.4 Å². The molecule has 2 aromatic rings. The van der Waals surface area contributed by atoms with E-state index in [1.807, 2.05) is 13.8 Å². The molecular formula is C18H23N5O5. The Hall–Kier alpha value is -3.43. The Morgan fingerprint density at radius 2 is 2.04 bits per heavy atom. The molecule has 0 aliphatic carbocycles. The van der Waals surface area contributed by atoms with E-state index < -0.39 is 22.9 Å². The molecule has 28 heavy (non-hydrogen) atoms. The first kappa shape index (κ1) is 20.9. The largest absolute Gasteiger partial charge is 0.449 e. The van der Waals surface area contributed by atoms with E-state index in [1.54, 1.807) is 16.9 Å². The van der Waals surface area contributed by atoms with Gasteiger partial charge in [-0.2, -0.15) is 5.10 Å². The van der Waals surface area contributed by atoms with Gasteiger partial charge in [0.1, 0.15) is 11.5 Å². The van der Waals surface area contributed by atoms with E-state index in [9.17, 15) is 19.7 Å². The van der Waals surface area contributed by atoms with Crippen LogP contribution >= 0.6 is 0 Å². The number of aromatic nitrogens is 2. The summed E-state index contributed by atoms with van der Waals surface area (Å²) in [6, 6.07) is 5.65. The summed E-state index contributed by atoms with van der Waals surface area (Å²) in [6.45, 7) is 5.39. The standard InChI is InChI=1S/C18H23N5O5/c1-5-11(2)22-16(8-9-20-22)21-17(24)12(3)28-18(25)13-6-7-14(19-4)15(10-13)23(26)27/h6-12,19H,5H2,1-4H3,(H,21,24)/t11-,12-/m0/s1. The molecule has 0 bridgehead atoms. The third-order valence-corrected chi connectivity index (χ3v) is 4.28. The Morgan fingerprint density at radius 1 is 1.32 bits per heavy atom. The monoisotopic (exact) mass is 389 g/mol. The molecule has 0 fully saturated rings. The highest BCUT2D eigenvalue weighted by molar-refractivity contribution is 5.97. The van der Waals surface area contributed by atoms with Crippen LogP contribution in [0.5, 0.6) is 0 Å². The van der Waals surface area contributed by atoms with Gasteiger partial charge in [-0.3, -0.25) is 14.9 Å². The quantitative estimate of drug-likeness (QED) is 0.403. The molecule has 0 unspecified atom stereocenters. The van der Waals surface area contributed by atoms with E-state index in [0.717, 1.165) is 12.5 Å². The summed E-state index contributed by atoms with van der Waals surface area (Å²) >= 11 is 0. The van der Waals surface area contributed by atoms with Gasteiger partial charge < -0.3 is 15.4 Å². The lowest BCUT2D eigenvalue weighted by atomic mass is 10.1. The number of nitrogens with zero attached hydrogens (tertiary/aromatic N) is 3. The zero-order chi connectivity index (χ0) is 20.8. The Labute approximate surface area is 162 Å². The van der Waals surface area contributed by atoms with E-state index in [4.69, 9.17) is 4.74 Å². The number of hydrogen-bond acceptors (Lipinski definition) is 7. The maximum Gasteiger partial charge on any atom is 0.339 e. The summed E-state index contributed by atoms with van der Waals surface area (Å²) in [6.07, 6.45) is 1.30. The Bertz CT molecular complexity index is 879. The van der Waals surface area contributed by atoms with Gasteiger partial charge >= 0.3 is 5.97 Å². The van der Waals surface area contributed by atoms with Gasteiger partial charge in [0.15, 0.2) is 6.10 Å². The van der Waals surface area contributed by atoms with E-state index >= 15 is 0 Å². The first-order valence-corrected chi connectivity index (χ1v) is 8.80. The highest BCUT2D eigenvalue weighted by Crippen LogP contribution is 2.25. The molecule has 1 heterocycles. The lowest BCUT2D eigenvalue weighted by molar-refractivity contribution is -0.384. The van der Waals surface area contributed by atoms with Crippen molar-refractivity contribution in [1.82, 2.24) is 9.78 Å². The number of esters is 1. The second kappa shape index (κ2) is 8.98. The summed E-state index contributed by atoms with van der Waals surface area (Å²) in [5.41, 5.74) is -0.00726. The second-order valence-electron chi connectivity index (χ2n) is 6.19. The molecule has 0 saturated carbocycles. The first-order valence-electron chi connectivity index (χ1n) is 8.80. The number of carbonyl (C=O) groups excluding carboxylic acids is 2. The van der Waals surface area contributed by atoms with Crippen LogP contribution < -0.4 is 10.6 Å². The van der Waals surface area contributed by atoms with Crippen LogP contribution in [0.1, 0.15) is 43.6 Å². The second-order valence-corrected chi connectivity index (χ2v) is 6.19. The van der Waals surface area contributed by atoms with Crippen molar-refractivity contribution in [3.63, 3.8) is 0 Å². The van der Waals surface area contributed by atoms with Crippen molar-refractivity contribution in [3.8, 4) is 0 Å². The minimum absolute atomic E-state index is 0.0185. The van der Waals surface area contributed by atoms with E-state index in [1.165, 1.54) is 26.1 Å². The van der Waals surface area contributed by atoms with Gasteiger partial charge in [-0.1, -0.05) is 6.92 Å². The number of nitro groups is 1. The molecule has 1 aromatic heterocycles. The maximum absolute atomic E-state index is 12.4. The van der Waals surface area contributed by atoms with Crippen LogP contribution in [0, 0.1) is 10.1 Å². The molecule has 0 spiro atoms. The van der Waals surface area contributed by atoms with E-state index in [-0.39, 0.29) is 23.0 Å². The fourth-order valence-corrected chi connectivity index (χ4v) is 2.47. The van der Waals surface area contributed by atoms with Gasteiger partial charge in [0.05, 0.1) is 22.7 Å². The molecule has 0 radical (unpaired) electrons. The van der Waals surface area contributed by atoms with Crippen molar-refractivity contribution < 1.29 is 19.2 Å². The number of nitro benzene ring substituents is 1.